The molecule has 0 aromatic heterocycles. The monoisotopic (exact) mass is 283 g/mol. The van der Waals surface area contributed by atoms with Gasteiger partial charge in [-0.3, -0.25) is 0 Å². The quantitative estimate of drug-likeness (QED) is 0.626. The Morgan fingerprint density at radius 3 is 2.48 bits per heavy atom. The number of rotatable bonds is 8. The molecule has 0 aliphatic rings. The van der Waals surface area contributed by atoms with Gasteiger partial charge in [0.2, 0.25) is 0 Å². The van der Waals surface area contributed by atoms with Crippen LogP contribution in [-0.4, -0.2) is 7.05 Å². The lowest BCUT2D eigenvalue weighted by molar-refractivity contribution is 0.660. The van der Waals surface area contributed by atoms with Crippen molar-refractivity contribution in [1.82, 2.24) is 5.32 Å². The third kappa shape index (κ3) is 4.10. The third-order valence-electron chi connectivity index (χ3n) is 4.17. The normalized spacial score (nSPS) is 12.0. The van der Waals surface area contributed by atoms with Crippen molar-refractivity contribution in [3.63, 3.8) is 0 Å². The molecule has 0 saturated carbocycles. The Bertz CT molecular complexity index is 523. The van der Waals surface area contributed by atoms with Crippen molar-refractivity contribution in [3.05, 3.63) is 66.4 Å². The van der Waals surface area contributed by atoms with Gasteiger partial charge < -0.3 is 5.32 Å². The molecule has 0 aliphatic heterocycles. The Morgan fingerprint density at radius 1 is 1.29 bits per heavy atom. The molecule has 0 amide bonds. The molecule has 1 aromatic carbocycles. The van der Waals surface area contributed by atoms with Crippen LogP contribution in [0, 0.1) is 12.8 Å². The molecule has 1 nitrogen and oxygen atoms in total. The van der Waals surface area contributed by atoms with Gasteiger partial charge in [0.1, 0.15) is 0 Å². The van der Waals surface area contributed by atoms with Crippen LogP contribution in [0.4, 0.5) is 0 Å². The molecular weight excluding hydrogens is 254 g/mol. The lowest BCUT2D eigenvalue weighted by Crippen LogP contribution is -2.17. The first-order valence-electron chi connectivity index (χ1n) is 7.70. The Labute approximate surface area is 130 Å². The van der Waals surface area contributed by atoms with Crippen LogP contribution in [0.2, 0.25) is 0 Å². The van der Waals surface area contributed by atoms with Crippen LogP contribution < -0.4 is 5.32 Å². The standard InChI is InChI=1S/C20H29N/c1-8-9-11-20(17(6)21-7)16(5)19-13-10-12-18(14(2)3)15(19)4/h8,10,12-14,20-21H,1,5-6,9,11H2,2-4,7H3. The fourth-order valence-electron chi connectivity index (χ4n) is 2.83. The van der Waals surface area contributed by atoms with Gasteiger partial charge in [0.05, 0.1) is 0 Å². The third-order valence-corrected chi connectivity index (χ3v) is 4.17. The van der Waals surface area contributed by atoms with E-state index in [1.807, 2.05) is 13.1 Å². The summed E-state index contributed by atoms with van der Waals surface area (Å²) in [5.41, 5.74) is 6.16. The summed E-state index contributed by atoms with van der Waals surface area (Å²) in [7, 11) is 1.92. The molecule has 0 bridgehead atoms. The molecule has 1 rings (SSSR count). The zero-order valence-corrected chi connectivity index (χ0v) is 14.0. The Balaban J connectivity index is 3.17. The molecule has 0 fully saturated rings. The smallest absolute Gasteiger partial charge is 0.0234 e. The second-order valence-electron chi connectivity index (χ2n) is 5.89. The molecule has 0 heterocycles. The van der Waals surface area contributed by atoms with Crippen LogP contribution >= 0.6 is 0 Å². The first-order valence-corrected chi connectivity index (χ1v) is 7.70. The average Bonchev–Trinajstić information content (AvgIpc) is 2.46. The maximum Gasteiger partial charge on any atom is 0.0234 e. The SMILES string of the molecule is C=CCCC(C(=C)NC)C(=C)c1cccc(C(C)C)c1C. The lowest BCUT2D eigenvalue weighted by atomic mass is 9.83. The van der Waals surface area contributed by atoms with Gasteiger partial charge in [-0.15, -0.1) is 6.58 Å². The lowest BCUT2D eigenvalue weighted by Gasteiger charge is -2.24. The maximum atomic E-state index is 4.37. The molecular formula is C20H29N. The molecule has 21 heavy (non-hydrogen) atoms. The van der Waals surface area contributed by atoms with Crippen molar-refractivity contribution in [1.29, 1.82) is 0 Å². The van der Waals surface area contributed by atoms with Gasteiger partial charge in [0.25, 0.3) is 0 Å². The van der Waals surface area contributed by atoms with Crippen molar-refractivity contribution in [2.75, 3.05) is 7.05 Å². The molecule has 1 aromatic rings. The van der Waals surface area contributed by atoms with E-state index in [9.17, 15) is 0 Å². The number of nitrogens with one attached hydrogen (secondary N) is 1. The minimum absolute atomic E-state index is 0.245. The number of hydrogen-bond donors (Lipinski definition) is 1. The average molecular weight is 283 g/mol. The van der Waals surface area contributed by atoms with Crippen LogP contribution in [0.15, 0.2) is 49.7 Å². The van der Waals surface area contributed by atoms with Crippen LogP contribution in [0.3, 0.4) is 0 Å². The first-order chi connectivity index (χ1) is 9.93. The van der Waals surface area contributed by atoms with E-state index in [2.05, 4.69) is 64.0 Å². The van der Waals surface area contributed by atoms with Gasteiger partial charge in [-0.1, -0.05) is 51.3 Å². The Morgan fingerprint density at radius 2 is 1.95 bits per heavy atom. The summed E-state index contributed by atoms with van der Waals surface area (Å²) in [6, 6.07) is 6.52. The van der Waals surface area contributed by atoms with Crippen LogP contribution in [0.5, 0.6) is 0 Å². The second kappa shape index (κ2) is 7.87. The summed E-state index contributed by atoms with van der Waals surface area (Å²) < 4.78 is 0. The minimum atomic E-state index is 0.245. The highest BCUT2D eigenvalue weighted by Gasteiger charge is 2.19. The number of allylic oxidation sites excluding steroid dienone is 2. The van der Waals surface area contributed by atoms with E-state index in [-0.39, 0.29) is 5.92 Å². The van der Waals surface area contributed by atoms with Crippen LogP contribution in [-0.2, 0) is 0 Å². The Hall–Kier alpha value is -1.76. The number of benzene rings is 1. The van der Waals surface area contributed by atoms with Crippen molar-refractivity contribution < 1.29 is 0 Å². The van der Waals surface area contributed by atoms with Gasteiger partial charge >= 0.3 is 0 Å². The van der Waals surface area contributed by atoms with Crippen molar-refractivity contribution in [3.8, 4) is 0 Å². The van der Waals surface area contributed by atoms with Crippen LogP contribution in [0.1, 0.15) is 49.3 Å². The van der Waals surface area contributed by atoms with E-state index in [1.165, 1.54) is 16.7 Å². The Kier molecular flexibility index (Phi) is 6.48. The fourth-order valence-corrected chi connectivity index (χ4v) is 2.83. The van der Waals surface area contributed by atoms with Crippen LogP contribution in [0.25, 0.3) is 5.57 Å². The largest absolute Gasteiger partial charge is 0.391 e. The van der Waals surface area contributed by atoms with Crippen molar-refractivity contribution in [2.24, 2.45) is 5.92 Å². The summed E-state index contributed by atoms with van der Waals surface area (Å²) >= 11 is 0. The van der Waals surface area contributed by atoms with Gasteiger partial charge in [0.15, 0.2) is 0 Å². The summed E-state index contributed by atoms with van der Waals surface area (Å²) in [4.78, 5) is 0. The molecule has 114 valence electrons. The van der Waals surface area contributed by atoms with E-state index in [0.717, 1.165) is 24.1 Å². The summed E-state index contributed by atoms with van der Waals surface area (Å²) in [6.45, 7) is 19.0. The summed E-state index contributed by atoms with van der Waals surface area (Å²) in [6.07, 6.45) is 3.92. The summed E-state index contributed by atoms with van der Waals surface area (Å²) in [5, 5.41) is 3.19. The molecule has 0 radical (unpaired) electrons. The zero-order chi connectivity index (χ0) is 16.0. The van der Waals surface area contributed by atoms with E-state index in [1.54, 1.807) is 0 Å². The van der Waals surface area contributed by atoms with Gasteiger partial charge in [-0.2, -0.15) is 0 Å². The predicted molar refractivity (Wildman–Crippen MR) is 95.4 cm³/mol. The molecule has 1 atom stereocenters. The van der Waals surface area contributed by atoms with E-state index in [4.69, 9.17) is 0 Å². The molecule has 0 spiro atoms. The highest BCUT2D eigenvalue weighted by Crippen LogP contribution is 2.34. The van der Waals surface area contributed by atoms with E-state index in [0.29, 0.717) is 5.92 Å². The van der Waals surface area contributed by atoms with Gasteiger partial charge in [0, 0.05) is 18.7 Å². The zero-order valence-electron chi connectivity index (χ0n) is 14.0. The molecule has 1 heteroatoms. The first kappa shape index (κ1) is 17.3. The van der Waals surface area contributed by atoms with Crippen molar-refractivity contribution in [2.45, 2.75) is 39.5 Å². The van der Waals surface area contributed by atoms with E-state index >= 15 is 0 Å². The topological polar surface area (TPSA) is 12.0 Å². The van der Waals surface area contributed by atoms with E-state index < -0.39 is 0 Å². The summed E-state index contributed by atoms with van der Waals surface area (Å²) in [5.74, 6) is 0.769. The fraction of sp³-hybridized carbons (Fsp3) is 0.400. The predicted octanol–water partition coefficient (Wildman–Crippen LogP) is 5.45. The second-order valence-corrected chi connectivity index (χ2v) is 5.89. The van der Waals surface area contributed by atoms with Gasteiger partial charge in [-0.25, -0.2) is 0 Å². The highest BCUT2D eigenvalue weighted by atomic mass is 14.8. The minimum Gasteiger partial charge on any atom is -0.391 e. The van der Waals surface area contributed by atoms with Crippen molar-refractivity contribution >= 4 is 5.57 Å². The molecule has 1 N–H and O–H groups in total. The van der Waals surface area contributed by atoms with Gasteiger partial charge in [-0.05, 0) is 47.9 Å². The highest BCUT2D eigenvalue weighted by molar-refractivity contribution is 5.71. The maximum absolute atomic E-state index is 4.37. The molecule has 0 saturated heterocycles. The molecule has 0 aliphatic carbocycles. The number of hydrogen-bond acceptors (Lipinski definition) is 1. The molecule has 1 unspecified atom stereocenters.